The van der Waals surface area contributed by atoms with Crippen LogP contribution in [0.1, 0.15) is 54.9 Å². The van der Waals surface area contributed by atoms with Crippen molar-refractivity contribution >= 4 is 17.5 Å². The van der Waals surface area contributed by atoms with Gasteiger partial charge in [-0.05, 0) is 63.9 Å². The van der Waals surface area contributed by atoms with Gasteiger partial charge in [-0.1, -0.05) is 13.0 Å². The summed E-state index contributed by atoms with van der Waals surface area (Å²) in [5.41, 5.74) is 2.27. The number of anilines is 1. The molecule has 1 aliphatic heterocycles. The Kier molecular flexibility index (Phi) is 6.79. The lowest BCUT2D eigenvalue weighted by atomic mass is 10.1. The molecule has 1 aromatic carbocycles. The van der Waals surface area contributed by atoms with Gasteiger partial charge in [0.1, 0.15) is 0 Å². The lowest BCUT2D eigenvalue weighted by Crippen LogP contribution is -2.31. The zero-order valence-electron chi connectivity index (χ0n) is 15.0. The molecule has 1 aromatic rings. The van der Waals surface area contributed by atoms with Crippen LogP contribution in [-0.2, 0) is 4.79 Å². The van der Waals surface area contributed by atoms with Crippen molar-refractivity contribution in [1.82, 2.24) is 10.2 Å². The summed E-state index contributed by atoms with van der Waals surface area (Å²) < 4.78 is 0. The van der Waals surface area contributed by atoms with Crippen molar-refractivity contribution in [3.8, 4) is 0 Å². The van der Waals surface area contributed by atoms with Crippen LogP contribution in [0.15, 0.2) is 18.2 Å². The topological polar surface area (TPSA) is 61.4 Å². The van der Waals surface area contributed by atoms with Gasteiger partial charge in [-0.25, -0.2) is 0 Å². The summed E-state index contributed by atoms with van der Waals surface area (Å²) in [6.45, 7) is 5.73. The first-order valence-electron chi connectivity index (χ1n) is 8.90. The molecule has 2 N–H and O–H groups in total. The van der Waals surface area contributed by atoms with E-state index in [4.69, 9.17) is 0 Å². The molecule has 5 nitrogen and oxygen atoms in total. The highest BCUT2D eigenvalue weighted by molar-refractivity contribution is 5.97. The number of benzene rings is 1. The molecule has 1 atom stereocenters. The molecule has 1 saturated heterocycles. The minimum Gasteiger partial charge on any atom is -0.352 e. The highest BCUT2D eigenvalue weighted by Gasteiger charge is 2.20. The largest absolute Gasteiger partial charge is 0.352 e. The number of carbonyl (C=O) groups is 2. The number of nitrogens with zero attached hydrogens (tertiary/aromatic N) is 1. The van der Waals surface area contributed by atoms with Gasteiger partial charge in [-0.2, -0.15) is 0 Å². The van der Waals surface area contributed by atoms with E-state index in [1.165, 1.54) is 12.8 Å². The van der Waals surface area contributed by atoms with Crippen LogP contribution in [0, 0.1) is 6.92 Å². The summed E-state index contributed by atoms with van der Waals surface area (Å²) >= 11 is 0. The second-order valence-corrected chi connectivity index (χ2v) is 6.65. The zero-order chi connectivity index (χ0) is 17.5. The molecular weight excluding hydrogens is 302 g/mol. The Bertz CT molecular complexity index is 586. The molecule has 24 heavy (non-hydrogen) atoms. The average Bonchev–Trinajstić information content (AvgIpc) is 2.95. The third-order valence-electron chi connectivity index (χ3n) is 4.69. The quantitative estimate of drug-likeness (QED) is 0.807. The summed E-state index contributed by atoms with van der Waals surface area (Å²) in [4.78, 5) is 26.5. The SMILES string of the molecule is CCCC(=O)Nc1cc(C(=O)NCC[C@H]2CCCN2C)ccc1C. The minimum absolute atomic E-state index is 0.0116. The molecule has 1 heterocycles. The predicted molar refractivity (Wildman–Crippen MR) is 97.3 cm³/mol. The van der Waals surface area contributed by atoms with Crippen molar-refractivity contribution in [2.75, 3.05) is 25.5 Å². The molecule has 0 radical (unpaired) electrons. The number of rotatable bonds is 7. The molecule has 0 unspecified atom stereocenters. The maximum Gasteiger partial charge on any atom is 0.251 e. The second-order valence-electron chi connectivity index (χ2n) is 6.65. The molecule has 0 aliphatic carbocycles. The summed E-state index contributed by atoms with van der Waals surface area (Å²) in [7, 11) is 2.14. The lowest BCUT2D eigenvalue weighted by Gasteiger charge is -2.19. The third-order valence-corrected chi connectivity index (χ3v) is 4.69. The first kappa shape index (κ1) is 18.5. The van der Waals surface area contributed by atoms with E-state index in [0.29, 0.717) is 24.6 Å². The Labute approximate surface area is 144 Å². The van der Waals surface area contributed by atoms with Gasteiger partial charge in [-0.3, -0.25) is 9.59 Å². The van der Waals surface area contributed by atoms with Gasteiger partial charge in [0.05, 0.1) is 0 Å². The van der Waals surface area contributed by atoms with Gasteiger partial charge >= 0.3 is 0 Å². The molecule has 0 spiro atoms. The number of hydrogen-bond acceptors (Lipinski definition) is 3. The van der Waals surface area contributed by atoms with Crippen LogP contribution in [0.5, 0.6) is 0 Å². The highest BCUT2D eigenvalue weighted by atomic mass is 16.2. The van der Waals surface area contributed by atoms with E-state index in [1.807, 2.05) is 26.0 Å². The van der Waals surface area contributed by atoms with Crippen LogP contribution in [0.3, 0.4) is 0 Å². The van der Waals surface area contributed by atoms with E-state index in [1.54, 1.807) is 6.07 Å². The number of hydrogen-bond donors (Lipinski definition) is 2. The molecule has 0 saturated carbocycles. The van der Waals surface area contributed by atoms with Crippen molar-refractivity contribution in [2.45, 2.75) is 52.0 Å². The molecule has 1 fully saturated rings. The summed E-state index contributed by atoms with van der Waals surface area (Å²) in [6.07, 6.45) is 4.73. The molecule has 2 rings (SSSR count). The van der Waals surface area contributed by atoms with E-state index in [0.717, 1.165) is 30.6 Å². The smallest absolute Gasteiger partial charge is 0.251 e. The molecule has 5 heteroatoms. The van der Waals surface area contributed by atoms with Gasteiger partial charge in [-0.15, -0.1) is 0 Å². The fourth-order valence-corrected chi connectivity index (χ4v) is 3.14. The summed E-state index contributed by atoms with van der Waals surface area (Å²) in [5, 5.41) is 5.88. The number of aryl methyl sites for hydroxylation is 1. The van der Waals surface area contributed by atoms with E-state index in [9.17, 15) is 9.59 Å². The van der Waals surface area contributed by atoms with Gasteiger partial charge in [0.25, 0.3) is 5.91 Å². The number of amides is 2. The van der Waals surface area contributed by atoms with Gasteiger partial charge in [0.2, 0.25) is 5.91 Å². The molecule has 132 valence electrons. The van der Waals surface area contributed by atoms with Crippen LogP contribution in [0.4, 0.5) is 5.69 Å². The first-order chi connectivity index (χ1) is 11.5. The highest BCUT2D eigenvalue weighted by Crippen LogP contribution is 2.19. The lowest BCUT2D eigenvalue weighted by molar-refractivity contribution is -0.116. The van der Waals surface area contributed by atoms with Crippen molar-refractivity contribution in [3.63, 3.8) is 0 Å². The molecule has 2 amide bonds. The van der Waals surface area contributed by atoms with Crippen LogP contribution in [-0.4, -0.2) is 42.9 Å². The molecular formula is C19H29N3O2. The third kappa shape index (κ3) is 5.06. The fourth-order valence-electron chi connectivity index (χ4n) is 3.14. The van der Waals surface area contributed by atoms with Crippen molar-refractivity contribution in [3.05, 3.63) is 29.3 Å². The van der Waals surface area contributed by atoms with E-state index >= 15 is 0 Å². The van der Waals surface area contributed by atoms with Crippen LogP contribution in [0.25, 0.3) is 0 Å². The fraction of sp³-hybridized carbons (Fsp3) is 0.579. The monoisotopic (exact) mass is 331 g/mol. The zero-order valence-corrected chi connectivity index (χ0v) is 15.0. The van der Waals surface area contributed by atoms with Crippen molar-refractivity contribution in [2.24, 2.45) is 0 Å². The second kappa shape index (κ2) is 8.83. The van der Waals surface area contributed by atoms with Crippen molar-refractivity contribution in [1.29, 1.82) is 0 Å². The van der Waals surface area contributed by atoms with E-state index < -0.39 is 0 Å². The normalized spacial score (nSPS) is 17.7. The molecule has 0 bridgehead atoms. The first-order valence-corrected chi connectivity index (χ1v) is 8.90. The van der Waals surface area contributed by atoms with Gasteiger partial charge < -0.3 is 15.5 Å². The average molecular weight is 331 g/mol. The Morgan fingerprint density at radius 2 is 2.12 bits per heavy atom. The Morgan fingerprint density at radius 3 is 2.79 bits per heavy atom. The molecule has 1 aliphatic rings. The number of nitrogens with one attached hydrogen (secondary N) is 2. The predicted octanol–water partition coefficient (Wildman–Crippen LogP) is 2.95. The van der Waals surface area contributed by atoms with Gasteiger partial charge in [0, 0.05) is 30.3 Å². The maximum absolute atomic E-state index is 12.3. The van der Waals surface area contributed by atoms with E-state index in [-0.39, 0.29) is 11.8 Å². The summed E-state index contributed by atoms with van der Waals surface area (Å²) in [6, 6.07) is 6.02. The Morgan fingerprint density at radius 1 is 1.33 bits per heavy atom. The number of carbonyl (C=O) groups excluding carboxylic acids is 2. The van der Waals surface area contributed by atoms with Crippen molar-refractivity contribution < 1.29 is 9.59 Å². The van der Waals surface area contributed by atoms with Crippen LogP contribution >= 0.6 is 0 Å². The number of likely N-dealkylation sites (tertiary alicyclic amines) is 1. The molecule has 0 aromatic heterocycles. The van der Waals surface area contributed by atoms with E-state index in [2.05, 4.69) is 22.6 Å². The maximum atomic E-state index is 12.3. The van der Waals surface area contributed by atoms with Gasteiger partial charge in [0.15, 0.2) is 0 Å². The Balaban J connectivity index is 1.90. The van der Waals surface area contributed by atoms with Crippen LogP contribution in [0.2, 0.25) is 0 Å². The minimum atomic E-state index is -0.0818. The summed E-state index contributed by atoms with van der Waals surface area (Å²) in [5.74, 6) is -0.0935. The Hall–Kier alpha value is -1.88. The standard InChI is InChI=1S/C19H29N3O2/c1-4-6-18(23)21-17-13-15(9-8-14(17)2)19(24)20-11-10-16-7-5-12-22(16)3/h8-9,13,16H,4-7,10-12H2,1-3H3,(H,20,24)(H,21,23)/t16-/m1/s1. The van der Waals surface area contributed by atoms with Crippen LogP contribution < -0.4 is 10.6 Å².